The van der Waals surface area contributed by atoms with Crippen molar-refractivity contribution in [1.82, 2.24) is 15.3 Å². The molecule has 27 heavy (non-hydrogen) atoms. The molecule has 7 heteroatoms. The minimum atomic E-state index is -0.143. The van der Waals surface area contributed by atoms with E-state index in [-0.39, 0.29) is 17.7 Å². The molecule has 7 nitrogen and oxygen atoms in total. The van der Waals surface area contributed by atoms with Crippen LogP contribution in [0.3, 0.4) is 0 Å². The van der Waals surface area contributed by atoms with Gasteiger partial charge in [-0.05, 0) is 50.5 Å². The highest BCUT2D eigenvalue weighted by Crippen LogP contribution is 2.23. The maximum absolute atomic E-state index is 12.8. The molecule has 2 aromatic rings. The van der Waals surface area contributed by atoms with Crippen LogP contribution in [0.4, 0.5) is 11.6 Å². The van der Waals surface area contributed by atoms with Crippen molar-refractivity contribution < 1.29 is 9.59 Å². The molecule has 1 unspecified atom stereocenters. The van der Waals surface area contributed by atoms with E-state index >= 15 is 0 Å². The molecule has 2 amide bonds. The van der Waals surface area contributed by atoms with Crippen molar-refractivity contribution in [2.75, 3.05) is 29.9 Å². The van der Waals surface area contributed by atoms with E-state index in [4.69, 9.17) is 0 Å². The average molecular weight is 367 g/mol. The highest BCUT2D eigenvalue weighted by Gasteiger charge is 2.27. The molecule has 1 saturated heterocycles. The van der Waals surface area contributed by atoms with Crippen molar-refractivity contribution in [2.45, 2.75) is 26.7 Å². The minimum absolute atomic E-state index is 0.0354. The van der Waals surface area contributed by atoms with Crippen LogP contribution in [-0.2, 0) is 4.79 Å². The van der Waals surface area contributed by atoms with Gasteiger partial charge in [0.2, 0.25) is 11.9 Å². The van der Waals surface area contributed by atoms with Gasteiger partial charge in [0.15, 0.2) is 0 Å². The number of carbonyl (C=O) groups excluding carboxylic acids is 2. The van der Waals surface area contributed by atoms with Gasteiger partial charge in [0.1, 0.15) is 0 Å². The van der Waals surface area contributed by atoms with Crippen LogP contribution in [0.2, 0.25) is 0 Å². The third-order valence-electron chi connectivity index (χ3n) is 4.72. The number of piperidine rings is 1. The number of benzene rings is 1. The molecule has 1 aliphatic heterocycles. The number of aromatic nitrogens is 2. The number of anilines is 2. The molecule has 0 saturated carbocycles. The van der Waals surface area contributed by atoms with Crippen LogP contribution in [0, 0.1) is 12.8 Å². The summed E-state index contributed by atoms with van der Waals surface area (Å²) in [5.41, 5.74) is 2.15. The van der Waals surface area contributed by atoms with Gasteiger partial charge in [-0.25, -0.2) is 9.97 Å². The lowest BCUT2D eigenvalue weighted by Crippen LogP contribution is -2.41. The highest BCUT2D eigenvalue weighted by atomic mass is 16.2. The molecule has 0 spiro atoms. The van der Waals surface area contributed by atoms with Crippen molar-refractivity contribution in [3.05, 3.63) is 47.8 Å². The van der Waals surface area contributed by atoms with Gasteiger partial charge in [0, 0.05) is 43.3 Å². The first-order valence-corrected chi connectivity index (χ1v) is 9.30. The number of carbonyl (C=O) groups is 2. The van der Waals surface area contributed by atoms with Crippen LogP contribution in [0.15, 0.2) is 36.7 Å². The number of nitrogens with zero attached hydrogens (tertiary/aromatic N) is 3. The predicted molar refractivity (Wildman–Crippen MR) is 105 cm³/mol. The minimum Gasteiger partial charge on any atom is -0.352 e. The second-order valence-corrected chi connectivity index (χ2v) is 6.71. The monoisotopic (exact) mass is 367 g/mol. The van der Waals surface area contributed by atoms with Gasteiger partial charge < -0.3 is 15.5 Å². The molecule has 0 aliphatic carbocycles. The molecule has 3 rings (SSSR count). The number of nitrogens with one attached hydrogen (secondary N) is 2. The third-order valence-corrected chi connectivity index (χ3v) is 4.72. The van der Waals surface area contributed by atoms with Gasteiger partial charge in [-0.2, -0.15) is 0 Å². The van der Waals surface area contributed by atoms with Crippen LogP contribution in [-0.4, -0.2) is 41.4 Å². The summed E-state index contributed by atoms with van der Waals surface area (Å²) in [6, 6.07) is 7.14. The Labute approximate surface area is 159 Å². The quantitative estimate of drug-likeness (QED) is 0.847. The van der Waals surface area contributed by atoms with Crippen molar-refractivity contribution in [3.63, 3.8) is 0 Å². The Morgan fingerprint density at radius 3 is 2.78 bits per heavy atom. The highest BCUT2D eigenvalue weighted by molar-refractivity contribution is 5.98. The zero-order chi connectivity index (χ0) is 19.2. The lowest BCUT2D eigenvalue weighted by Gasteiger charge is -2.32. The van der Waals surface area contributed by atoms with Crippen LogP contribution in [0.5, 0.6) is 0 Å². The first kappa shape index (κ1) is 18.8. The van der Waals surface area contributed by atoms with Gasteiger partial charge in [-0.15, -0.1) is 0 Å². The van der Waals surface area contributed by atoms with Gasteiger partial charge >= 0.3 is 0 Å². The van der Waals surface area contributed by atoms with E-state index < -0.39 is 0 Å². The molecule has 142 valence electrons. The topological polar surface area (TPSA) is 87.2 Å². The largest absolute Gasteiger partial charge is 0.352 e. The molecule has 1 aromatic carbocycles. The summed E-state index contributed by atoms with van der Waals surface area (Å²) in [6.45, 7) is 5.79. The van der Waals surface area contributed by atoms with Crippen LogP contribution in [0.25, 0.3) is 0 Å². The van der Waals surface area contributed by atoms with E-state index in [9.17, 15) is 9.59 Å². The summed E-state index contributed by atoms with van der Waals surface area (Å²) in [5, 5.41) is 5.78. The molecule has 1 aromatic heterocycles. The fourth-order valence-corrected chi connectivity index (χ4v) is 3.22. The van der Waals surface area contributed by atoms with E-state index in [1.54, 1.807) is 30.6 Å². The zero-order valence-electron chi connectivity index (χ0n) is 15.7. The molecule has 1 fully saturated rings. The summed E-state index contributed by atoms with van der Waals surface area (Å²) in [5.74, 6) is 0.337. The van der Waals surface area contributed by atoms with E-state index in [0.717, 1.165) is 24.9 Å². The van der Waals surface area contributed by atoms with Gasteiger partial charge in [0.05, 0.1) is 5.92 Å². The van der Waals surface area contributed by atoms with Crippen molar-refractivity contribution >= 4 is 23.5 Å². The van der Waals surface area contributed by atoms with Crippen molar-refractivity contribution in [2.24, 2.45) is 5.92 Å². The molecule has 1 aliphatic rings. The molecule has 1 atom stereocenters. The number of aryl methyl sites for hydroxylation is 1. The second kappa shape index (κ2) is 8.62. The maximum Gasteiger partial charge on any atom is 0.251 e. The number of hydrogen-bond donors (Lipinski definition) is 2. The van der Waals surface area contributed by atoms with E-state index in [1.165, 1.54) is 0 Å². The Bertz CT molecular complexity index is 809. The fourth-order valence-electron chi connectivity index (χ4n) is 3.22. The van der Waals surface area contributed by atoms with Gasteiger partial charge in [-0.3, -0.25) is 9.59 Å². The summed E-state index contributed by atoms with van der Waals surface area (Å²) in [6.07, 6.45) is 5.16. The second-order valence-electron chi connectivity index (χ2n) is 6.71. The smallest absolute Gasteiger partial charge is 0.251 e. The standard InChI is InChI=1S/C20H25N5O2/c1-3-21-18(26)15-8-7-14(2)17(12-15)24-19(27)16-6-4-11-25(13-16)20-22-9-5-10-23-20/h5,7-10,12,16H,3-4,6,11,13H2,1-2H3,(H,21,26)(H,24,27). The maximum atomic E-state index is 12.8. The Morgan fingerprint density at radius 2 is 2.04 bits per heavy atom. The Balaban J connectivity index is 1.69. The van der Waals surface area contributed by atoms with Gasteiger partial charge in [0.25, 0.3) is 5.91 Å². The molecule has 0 radical (unpaired) electrons. The van der Waals surface area contributed by atoms with Crippen molar-refractivity contribution in [3.8, 4) is 0 Å². The molecular weight excluding hydrogens is 342 g/mol. The summed E-state index contributed by atoms with van der Waals surface area (Å²) < 4.78 is 0. The summed E-state index contributed by atoms with van der Waals surface area (Å²) in [4.78, 5) is 35.5. The predicted octanol–water partition coefficient (Wildman–Crippen LogP) is 2.39. The van der Waals surface area contributed by atoms with Crippen LogP contribution >= 0.6 is 0 Å². The van der Waals surface area contributed by atoms with Gasteiger partial charge in [-0.1, -0.05) is 6.07 Å². The first-order valence-electron chi connectivity index (χ1n) is 9.30. The van der Waals surface area contributed by atoms with E-state index in [2.05, 4.69) is 20.6 Å². The van der Waals surface area contributed by atoms with Crippen LogP contribution < -0.4 is 15.5 Å². The van der Waals surface area contributed by atoms with E-state index in [0.29, 0.717) is 30.3 Å². The number of amides is 2. The lowest BCUT2D eigenvalue weighted by molar-refractivity contribution is -0.120. The molecule has 0 bridgehead atoms. The molecule has 2 N–H and O–H groups in total. The zero-order valence-corrected chi connectivity index (χ0v) is 15.7. The third kappa shape index (κ3) is 4.61. The summed E-state index contributed by atoms with van der Waals surface area (Å²) >= 11 is 0. The lowest BCUT2D eigenvalue weighted by atomic mass is 9.97. The Hall–Kier alpha value is -2.96. The number of hydrogen-bond acceptors (Lipinski definition) is 5. The SMILES string of the molecule is CCNC(=O)c1ccc(C)c(NC(=O)C2CCCN(c3ncccn3)C2)c1. The fraction of sp³-hybridized carbons (Fsp3) is 0.400. The normalized spacial score (nSPS) is 16.7. The first-order chi connectivity index (χ1) is 13.1. The molecular formula is C20H25N5O2. The van der Waals surface area contributed by atoms with Crippen LogP contribution in [0.1, 0.15) is 35.7 Å². The Kier molecular flexibility index (Phi) is 6.01. The average Bonchev–Trinajstić information content (AvgIpc) is 2.70. The van der Waals surface area contributed by atoms with Crippen molar-refractivity contribution in [1.29, 1.82) is 0 Å². The molecule has 2 heterocycles. The Morgan fingerprint density at radius 1 is 1.26 bits per heavy atom. The number of rotatable bonds is 5. The summed E-state index contributed by atoms with van der Waals surface area (Å²) in [7, 11) is 0. The van der Waals surface area contributed by atoms with E-state index in [1.807, 2.05) is 24.8 Å².